The average molecular weight is 643 g/mol. The molecular formula is C39H62O7. The van der Waals surface area contributed by atoms with Crippen LogP contribution in [0.2, 0.25) is 0 Å². The van der Waals surface area contributed by atoms with Gasteiger partial charge in [0.25, 0.3) is 0 Å². The number of aliphatic hydroxyl groups excluding tert-OH is 4. The van der Waals surface area contributed by atoms with Crippen LogP contribution in [0.4, 0.5) is 0 Å². The Balaban J connectivity index is 1.29. The molecule has 260 valence electrons. The van der Waals surface area contributed by atoms with Crippen LogP contribution in [0, 0.1) is 56.2 Å². The van der Waals surface area contributed by atoms with E-state index in [0.717, 1.165) is 62.9 Å². The van der Waals surface area contributed by atoms with E-state index in [0.29, 0.717) is 31.5 Å². The molecule has 4 N–H and O–H groups in total. The van der Waals surface area contributed by atoms with Crippen LogP contribution in [0.1, 0.15) is 99.3 Å². The van der Waals surface area contributed by atoms with Gasteiger partial charge in [0.1, 0.15) is 11.9 Å². The molecule has 0 spiro atoms. The molecule has 1 saturated heterocycles. The number of hydrogen-bond donors (Lipinski definition) is 4. The monoisotopic (exact) mass is 642 g/mol. The highest BCUT2D eigenvalue weighted by Gasteiger charge is 2.69. The van der Waals surface area contributed by atoms with Crippen LogP contribution < -0.4 is 0 Å². The molecule has 0 aromatic carbocycles. The van der Waals surface area contributed by atoms with Crippen molar-refractivity contribution in [2.75, 3.05) is 39.6 Å². The van der Waals surface area contributed by atoms with Gasteiger partial charge in [0.05, 0.1) is 44.9 Å². The summed E-state index contributed by atoms with van der Waals surface area (Å²) in [6.07, 6.45) is 16.7. The zero-order valence-electron chi connectivity index (χ0n) is 29.4. The molecule has 0 aromatic heterocycles. The fraction of sp³-hybridized carbons (Fsp3) is 0.846. The molecule has 7 nitrogen and oxygen atoms in total. The van der Waals surface area contributed by atoms with E-state index in [4.69, 9.17) is 14.2 Å². The van der Waals surface area contributed by atoms with Gasteiger partial charge in [-0.1, -0.05) is 53.7 Å². The summed E-state index contributed by atoms with van der Waals surface area (Å²) >= 11 is 0. The highest BCUT2D eigenvalue weighted by atomic mass is 16.6. The molecule has 2 aliphatic heterocycles. The lowest BCUT2D eigenvalue weighted by Crippen LogP contribution is -2.61. The lowest BCUT2D eigenvalue weighted by molar-refractivity contribution is -0.177. The lowest BCUT2D eigenvalue weighted by Gasteiger charge is -2.63. The molecule has 12 unspecified atom stereocenters. The number of fused-ring (bicyclic) bond motifs is 6. The van der Waals surface area contributed by atoms with Crippen molar-refractivity contribution in [3.63, 3.8) is 0 Å². The smallest absolute Gasteiger partial charge is 0.124 e. The predicted octanol–water partition coefficient (Wildman–Crippen LogP) is 6.16. The molecule has 3 fully saturated rings. The van der Waals surface area contributed by atoms with Crippen molar-refractivity contribution >= 4 is 0 Å². The summed E-state index contributed by atoms with van der Waals surface area (Å²) in [5.74, 6) is 2.97. The van der Waals surface area contributed by atoms with Crippen molar-refractivity contribution < 1.29 is 34.6 Å². The summed E-state index contributed by atoms with van der Waals surface area (Å²) in [7, 11) is 0. The Morgan fingerprint density at radius 1 is 0.587 bits per heavy atom. The second kappa shape index (κ2) is 12.2. The Hall–Kier alpha value is -1.38. The van der Waals surface area contributed by atoms with Gasteiger partial charge in [0, 0.05) is 45.0 Å². The largest absolute Gasteiger partial charge is 0.497 e. The van der Waals surface area contributed by atoms with E-state index in [1.54, 1.807) is 0 Å². The zero-order valence-corrected chi connectivity index (χ0v) is 29.4. The van der Waals surface area contributed by atoms with E-state index >= 15 is 0 Å². The maximum atomic E-state index is 11.4. The first kappa shape index (κ1) is 34.5. The zero-order chi connectivity index (χ0) is 33.2. The first-order valence-corrected chi connectivity index (χ1v) is 18.6. The molecule has 12 atom stereocenters. The summed E-state index contributed by atoms with van der Waals surface area (Å²) in [6, 6.07) is 0. The summed E-state index contributed by atoms with van der Waals surface area (Å²) < 4.78 is 20.3. The van der Waals surface area contributed by atoms with Gasteiger partial charge in [-0.25, -0.2) is 0 Å². The van der Waals surface area contributed by atoms with Crippen LogP contribution in [-0.4, -0.2) is 72.3 Å². The second-order valence-electron chi connectivity index (χ2n) is 15.9. The lowest BCUT2D eigenvalue weighted by atomic mass is 9.43. The molecule has 6 bridgehead atoms. The first-order chi connectivity index (χ1) is 22.2. The highest BCUT2D eigenvalue weighted by molar-refractivity contribution is 5.31. The van der Waals surface area contributed by atoms with Crippen LogP contribution >= 0.6 is 0 Å². The van der Waals surface area contributed by atoms with E-state index in [-0.39, 0.29) is 66.7 Å². The molecule has 5 aliphatic carbocycles. The topological polar surface area (TPSA) is 109 Å². The first-order valence-electron chi connectivity index (χ1n) is 18.6. The van der Waals surface area contributed by atoms with Crippen molar-refractivity contribution in [2.24, 2.45) is 56.2 Å². The Bertz CT molecular complexity index is 1200. The number of rotatable bonds is 16. The fourth-order valence-corrected chi connectivity index (χ4v) is 13.0. The van der Waals surface area contributed by atoms with Crippen molar-refractivity contribution in [2.45, 2.75) is 112 Å². The minimum absolute atomic E-state index is 0.0305. The van der Waals surface area contributed by atoms with Crippen LogP contribution in [0.25, 0.3) is 0 Å². The van der Waals surface area contributed by atoms with Gasteiger partial charge in [-0.15, -0.1) is 0 Å². The summed E-state index contributed by atoms with van der Waals surface area (Å²) in [5, 5.41) is 43.5. The van der Waals surface area contributed by atoms with E-state index in [1.807, 2.05) is 0 Å². The molecule has 2 saturated carbocycles. The maximum Gasteiger partial charge on any atom is 0.124 e. The number of ether oxygens (including phenoxy) is 3. The molecule has 2 heterocycles. The van der Waals surface area contributed by atoms with Gasteiger partial charge in [-0.05, 0) is 87.7 Å². The molecule has 7 aliphatic rings. The van der Waals surface area contributed by atoms with Crippen LogP contribution in [-0.2, 0) is 14.2 Å². The van der Waals surface area contributed by atoms with Gasteiger partial charge in [0.15, 0.2) is 0 Å². The van der Waals surface area contributed by atoms with Crippen LogP contribution in [0.15, 0.2) is 35.8 Å². The molecule has 0 aromatic rings. The number of aliphatic hydroxyl groups is 4. The summed E-state index contributed by atoms with van der Waals surface area (Å²) in [5.41, 5.74) is -2.04. The van der Waals surface area contributed by atoms with Crippen molar-refractivity contribution in [1.29, 1.82) is 0 Å². The Kier molecular flexibility index (Phi) is 9.14. The molecular weight excluding hydrogens is 580 g/mol. The summed E-state index contributed by atoms with van der Waals surface area (Å²) in [6.45, 7) is 14.4. The van der Waals surface area contributed by atoms with Crippen LogP contribution in [0.5, 0.6) is 0 Å². The standard InChI is InChI=1S/C39H62O7/c1-7-34(20-40)26-13-14-27(17-26)38(34,11-5)24-44-30-18-28-15-16-29(30)35(8-2,21-41)39(28,12-6)25-45-31-19-32-36(9-3,22-42)37(10-4,23-43)33(31)46-32/h13-14,18-19,26-29,32-33,40-43H,7-12,15-17,20-25H2,1-6H3. The van der Waals surface area contributed by atoms with E-state index in [9.17, 15) is 20.4 Å². The minimum Gasteiger partial charge on any atom is -0.497 e. The third-order valence-electron chi connectivity index (χ3n) is 16.1. The van der Waals surface area contributed by atoms with Crippen LogP contribution in [0.3, 0.4) is 0 Å². The van der Waals surface area contributed by atoms with Gasteiger partial charge >= 0.3 is 0 Å². The maximum absolute atomic E-state index is 11.4. The molecule has 7 heteroatoms. The highest BCUT2D eigenvalue weighted by Crippen LogP contribution is 2.69. The van der Waals surface area contributed by atoms with Gasteiger partial charge in [-0.3, -0.25) is 0 Å². The van der Waals surface area contributed by atoms with Gasteiger partial charge in [-0.2, -0.15) is 0 Å². The quantitative estimate of drug-likeness (QED) is 0.149. The Morgan fingerprint density at radius 2 is 1.09 bits per heavy atom. The Labute approximate surface area is 277 Å². The van der Waals surface area contributed by atoms with E-state index in [1.165, 1.54) is 0 Å². The summed E-state index contributed by atoms with van der Waals surface area (Å²) in [4.78, 5) is 0. The van der Waals surface area contributed by atoms with Crippen molar-refractivity contribution in [1.82, 2.24) is 0 Å². The van der Waals surface area contributed by atoms with Gasteiger partial charge < -0.3 is 34.6 Å². The van der Waals surface area contributed by atoms with Crippen molar-refractivity contribution in [3.05, 3.63) is 35.8 Å². The predicted molar refractivity (Wildman–Crippen MR) is 178 cm³/mol. The molecule has 0 amide bonds. The Morgan fingerprint density at radius 3 is 1.61 bits per heavy atom. The van der Waals surface area contributed by atoms with Crippen molar-refractivity contribution in [3.8, 4) is 0 Å². The molecule has 46 heavy (non-hydrogen) atoms. The molecule has 0 radical (unpaired) electrons. The fourth-order valence-electron chi connectivity index (χ4n) is 13.0. The minimum atomic E-state index is -0.595. The third kappa shape index (κ3) is 3.90. The average Bonchev–Trinajstić information content (AvgIpc) is 3.88. The second-order valence-corrected chi connectivity index (χ2v) is 15.9. The SMILES string of the molecule is CCC1(CO)C2C=CC(C2)C1(CC)COC1=CC2CCC1C(CC)(CO)C2(CC)COC1=CC2OC1C(CC)(CO)C2(CC)CO. The van der Waals surface area contributed by atoms with E-state index < -0.39 is 16.2 Å². The number of allylic oxidation sites excluding steroid dienone is 4. The van der Waals surface area contributed by atoms with Gasteiger partial charge in [0.2, 0.25) is 0 Å². The van der Waals surface area contributed by atoms with E-state index in [2.05, 4.69) is 65.8 Å². The normalized spacial score (nSPS) is 48.3. The molecule has 7 rings (SSSR count). The third-order valence-corrected chi connectivity index (χ3v) is 16.1. The number of hydrogen-bond acceptors (Lipinski definition) is 7.